The molecule has 1 N–H and O–H groups in total. The lowest BCUT2D eigenvalue weighted by molar-refractivity contribution is 0.414. The molecule has 26 heavy (non-hydrogen) atoms. The van der Waals surface area contributed by atoms with Crippen molar-refractivity contribution in [2.75, 3.05) is 0 Å². The van der Waals surface area contributed by atoms with Gasteiger partial charge in [-0.3, -0.25) is 9.36 Å². The molecule has 6 nitrogen and oxygen atoms in total. The number of aromatic nitrogens is 1. The maximum absolute atomic E-state index is 12.6. The fourth-order valence-electron chi connectivity index (χ4n) is 2.75. The van der Waals surface area contributed by atoms with Crippen LogP contribution in [0.2, 0.25) is 0 Å². The van der Waals surface area contributed by atoms with Crippen molar-refractivity contribution in [3.05, 3.63) is 76.6 Å². The summed E-state index contributed by atoms with van der Waals surface area (Å²) in [6.45, 7) is 5.20. The van der Waals surface area contributed by atoms with E-state index in [1.807, 2.05) is 42.5 Å². The highest BCUT2D eigenvalue weighted by Crippen LogP contribution is 2.29. The maximum Gasteiger partial charge on any atom is 0.281 e. The SMILES string of the molecule is C=CCn1c(O)c(C#N)c(C)c(N=Nc2cccc3ccccc23)c1=O. The third-order valence-electron chi connectivity index (χ3n) is 4.11. The number of benzene rings is 2. The molecule has 0 saturated heterocycles. The maximum atomic E-state index is 12.6. The molecule has 128 valence electrons. The molecule has 0 unspecified atom stereocenters. The lowest BCUT2D eigenvalue weighted by Gasteiger charge is -2.11. The average molecular weight is 344 g/mol. The summed E-state index contributed by atoms with van der Waals surface area (Å²) in [4.78, 5) is 12.6. The summed E-state index contributed by atoms with van der Waals surface area (Å²) in [6, 6.07) is 15.3. The first-order valence-electron chi connectivity index (χ1n) is 7.95. The largest absolute Gasteiger partial charge is 0.493 e. The van der Waals surface area contributed by atoms with Crippen molar-refractivity contribution in [1.82, 2.24) is 4.57 Å². The van der Waals surface area contributed by atoms with E-state index in [-0.39, 0.29) is 23.7 Å². The van der Waals surface area contributed by atoms with Gasteiger partial charge < -0.3 is 5.11 Å². The van der Waals surface area contributed by atoms with Gasteiger partial charge in [-0.05, 0) is 18.4 Å². The molecular weight excluding hydrogens is 328 g/mol. The standard InChI is InChI=1S/C20H16N4O2/c1-3-11-24-19(25)16(12-21)13(2)18(20(24)26)23-22-17-10-6-8-14-7-4-5-9-15(14)17/h3-10,25H,1,11H2,2H3. The normalized spacial score (nSPS) is 10.9. The Kier molecular flexibility index (Phi) is 4.63. The summed E-state index contributed by atoms with van der Waals surface area (Å²) in [5.74, 6) is -0.390. The second-order valence-electron chi connectivity index (χ2n) is 5.69. The van der Waals surface area contributed by atoms with E-state index in [0.29, 0.717) is 11.3 Å². The van der Waals surface area contributed by atoms with Gasteiger partial charge in [0.15, 0.2) is 5.69 Å². The number of pyridine rings is 1. The predicted molar refractivity (Wildman–Crippen MR) is 100 cm³/mol. The van der Waals surface area contributed by atoms with Gasteiger partial charge in [0.2, 0.25) is 5.88 Å². The zero-order valence-corrected chi connectivity index (χ0v) is 14.2. The van der Waals surface area contributed by atoms with Crippen molar-refractivity contribution < 1.29 is 5.11 Å². The molecule has 0 aliphatic heterocycles. The van der Waals surface area contributed by atoms with Gasteiger partial charge in [0.05, 0.1) is 5.69 Å². The van der Waals surface area contributed by atoms with Gasteiger partial charge >= 0.3 is 0 Å². The summed E-state index contributed by atoms with van der Waals surface area (Å²) in [7, 11) is 0. The number of hydrogen-bond acceptors (Lipinski definition) is 5. The number of hydrogen-bond donors (Lipinski definition) is 1. The highest BCUT2D eigenvalue weighted by molar-refractivity contribution is 5.92. The molecule has 0 radical (unpaired) electrons. The summed E-state index contributed by atoms with van der Waals surface area (Å²) in [5, 5.41) is 29.7. The quantitative estimate of drug-likeness (QED) is 0.558. The highest BCUT2D eigenvalue weighted by Gasteiger charge is 2.18. The first kappa shape index (κ1) is 17.1. The minimum absolute atomic E-state index is 0.00156. The van der Waals surface area contributed by atoms with Crippen LogP contribution in [0.1, 0.15) is 11.1 Å². The van der Waals surface area contributed by atoms with E-state index in [0.717, 1.165) is 15.3 Å². The van der Waals surface area contributed by atoms with E-state index in [9.17, 15) is 15.2 Å². The topological polar surface area (TPSA) is 90.7 Å². The molecule has 0 bridgehead atoms. The molecule has 3 aromatic rings. The van der Waals surface area contributed by atoms with Crippen molar-refractivity contribution >= 4 is 22.1 Å². The Bertz CT molecular complexity index is 1130. The minimum atomic E-state index is -0.525. The van der Waals surface area contributed by atoms with E-state index in [1.165, 1.54) is 6.08 Å². The molecule has 0 aliphatic rings. The Morgan fingerprint density at radius 1 is 1.23 bits per heavy atom. The van der Waals surface area contributed by atoms with Gasteiger partial charge in [-0.25, -0.2) is 0 Å². The third kappa shape index (κ3) is 2.87. The second-order valence-corrected chi connectivity index (χ2v) is 5.69. The van der Waals surface area contributed by atoms with Crippen LogP contribution in [0.25, 0.3) is 10.8 Å². The monoisotopic (exact) mass is 344 g/mol. The van der Waals surface area contributed by atoms with Crippen molar-refractivity contribution in [2.24, 2.45) is 10.2 Å². The first-order valence-corrected chi connectivity index (χ1v) is 7.95. The molecular formula is C20H16N4O2. The zero-order chi connectivity index (χ0) is 18.7. The van der Waals surface area contributed by atoms with Crippen molar-refractivity contribution in [3.8, 4) is 11.9 Å². The summed E-state index contributed by atoms with van der Waals surface area (Å²) >= 11 is 0. The number of nitriles is 1. The molecule has 0 saturated carbocycles. The zero-order valence-electron chi connectivity index (χ0n) is 14.2. The summed E-state index contributed by atoms with van der Waals surface area (Å²) in [5.41, 5.74) is 0.401. The van der Waals surface area contributed by atoms with Crippen LogP contribution in [-0.4, -0.2) is 9.67 Å². The van der Waals surface area contributed by atoms with E-state index in [2.05, 4.69) is 16.8 Å². The van der Waals surface area contributed by atoms with Gasteiger partial charge in [-0.15, -0.1) is 16.8 Å². The molecule has 2 aromatic carbocycles. The number of rotatable bonds is 4. The highest BCUT2D eigenvalue weighted by atomic mass is 16.3. The smallest absolute Gasteiger partial charge is 0.281 e. The van der Waals surface area contributed by atoms with Gasteiger partial charge in [0, 0.05) is 17.5 Å². The van der Waals surface area contributed by atoms with Crippen molar-refractivity contribution in [1.29, 1.82) is 5.26 Å². The second kappa shape index (κ2) is 7.03. The van der Waals surface area contributed by atoms with Crippen LogP contribution >= 0.6 is 0 Å². The average Bonchev–Trinajstić information content (AvgIpc) is 2.65. The van der Waals surface area contributed by atoms with Crippen molar-refractivity contribution in [3.63, 3.8) is 0 Å². The van der Waals surface area contributed by atoms with Gasteiger partial charge in [0.1, 0.15) is 11.6 Å². The Morgan fingerprint density at radius 3 is 2.69 bits per heavy atom. The van der Waals surface area contributed by atoms with Crippen LogP contribution in [-0.2, 0) is 6.54 Å². The lowest BCUT2D eigenvalue weighted by Crippen LogP contribution is -2.21. The number of aromatic hydroxyl groups is 1. The number of allylic oxidation sites excluding steroid dienone is 1. The van der Waals surface area contributed by atoms with Crippen molar-refractivity contribution in [2.45, 2.75) is 13.5 Å². The van der Waals surface area contributed by atoms with Crippen LogP contribution < -0.4 is 5.56 Å². The minimum Gasteiger partial charge on any atom is -0.493 e. The molecule has 0 atom stereocenters. The van der Waals surface area contributed by atoms with Gasteiger partial charge in [0.25, 0.3) is 5.56 Å². The van der Waals surface area contributed by atoms with Crippen LogP contribution in [0.5, 0.6) is 5.88 Å². The fraction of sp³-hybridized carbons (Fsp3) is 0.100. The third-order valence-corrected chi connectivity index (χ3v) is 4.11. The summed E-state index contributed by atoms with van der Waals surface area (Å²) < 4.78 is 1.05. The number of nitrogens with zero attached hydrogens (tertiary/aromatic N) is 4. The van der Waals surface area contributed by atoms with E-state index in [1.54, 1.807) is 13.0 Å². The predicted octanol–water partition coefficient (Wildman–Crippen LogP) is 4.49. The number of azo groups is 1. The number of fused-ring (bicyclic) bond motifs is 1. The van der Waals surface area contributed by atoms with E-state index in [4.69, 9.17) is 0 Å². The molecule has 0 fully saturated rings. The molecule has 1 aromatic heterocycles. The molecule has 0 spiro atoms. The Hall–Kier alpha value is -3.72. The molecule has 1 heterocycles. The summed E-state index contributed by atoms with van der Waals surface area (Å²) in [6.07, 6.45) is 1.46. The molecule has 6 heteroatoms. The molecule has 0 aliphatic carbocycles. The Morgan fingerprint density at radius 2 is 1.96 bits per heavy atom. The van der Waals surface area contributed by atoms with Gasteiger partial charge in [-0.1, -0.05) is 42.5 Å². The van der Waals surface area contributed by atoms with E-state index < -0.39 is 5.56 Å². The Balaban J connectivity index is 2.20. The van der Waals surface area contributed by atoms with Gasteiger partial charge in [-0.2, -0.15) is 5.26 Å². The molecule has 3 rings (SSSR count). The molecule has 0 amide bonds. The van der Waals surface area contributed by atoms with E-state index >= 15 is 0 Å². The van der Waals surface area contributed by atoms with Crippen LogP contribution in [0.15, 0.2) is 70.1 Å². The first-order chi connectivity index (χ1) is 12.6. The Labute approximate surface area is 150 Å². The van der Waals surface area contributed by atoms with Crippen LogP contribution in [0.4, 0.5) is 11.4 Å². The fourth-order valence-corrected chi connectivity index (χ4v) is 2.75. The lowest BCUT2D eigenvalue weighted by atomic mass is 10.1. The van der Waals surface area contributed by atoms with Crippen LogP contribution in [0, 0.1) is 18.3 Å². The van der Waals surface area contributed by atoms with Crippen LogP contribution in [0.3, 0.4) is 0 Å².